The van der Waals surface area contributed by atoms with Crippen molar-refractivity contribution in [3.8, 4) is 0 Å². The van der Waals surface area contributed by atoms with Crippen molar-refractivity contribution < 1.29 is 18.0 Å². The molecule has 0 aliphatic carbocycles. The van der Waals surface area contributed by atoms with Crippen molar-refractivity contribution in [1.29, 1.82) is 0 Å². The molecule has 0 saturated carbocycles. The van der Waals surface area contributed by atoms with Gasteiger partial charge in [-0.3, -0.25) is 4.79 Å². The number of alkyl halides is 3. The number of nitrogens with one attached hydrogen (secondary N) is 1. The predicted molar refractivity (Wildman–Crippen MR) is 51.2 cm³/mol. The lowest BCUT2D eigenvalue weighted by Gasteiger charge is -2.13. The van der Waals surface area contributed by atoms with Crippen LogP contribution in [0.2, 0.25) is 0 Å². The van der Waals surface area contributed by atoms with Crippen LogP contribution >= 0.6 is 0 Å². The maximum absolute atomic E-state index is 11.7. The van der Waals surface area contributed by atoms with Gasteiger partial charge in [0.2, 0.25) is 5.91 Å². The lowest BCUT2D eigenvalue weighted by Crippen LogP contribution is -2.41. The minimum Gasteiger partial charge on any atom is -0.368 e. The van der Waals surface area contributed by atoms with Crippen molar-refractivity contribution in [3.05, 3.63) is 0 Å². The number of hydrogen-bond acceptors (Lipinski definition) is 2. The van der Waals surface area contributed by atoms with Crippen molar-refractivity contribution in [3.63, 3.8) is 0 Å². The average Bonchev–Trinajstić information content (AvgIpc) is 2.08. The Kier molecular flexibility index (Phi) is 6.31. The van der Waals surface area contributed by atoms with Crippen LogP contribution in [0.4, 0.5) is 13.2 Å². The van der Waals surface area contributed by atoms with Gasteiger partial charge >= 0.3 is 6.18 Å². The molecule has 3 N–H and O–H groups in total. The Labute approximate surface area is 87.2 Å². The minimum atomic E-state index is -4.09. The molecular weight excluding hydrogens is 209 g/mol. The lowest BCUT2D eigenvalue weighted by atomic mass is 10.2. The second-order valence-electron chi connectivity index (χ2n) is 3.39. The molecule has 0 fully saturated rings. The van der Waals surface area contributed by atoms with Gasteiger partial charge in [0, 0.05) is 6.42 Å². The van der Waals surface area contributed by atoms with Gasteiger partial charge in [0.1, 0.15) is 0 Å². The zero-order valence-electron chi connectivity index (χ0n) is 8.73. The number of unbranched alkanes of at least 4 members (excludes halogenated alkanes) is 1. The molecule has 90 valence electrons. The summed E-state index contributed by atoms with van der Waals surface area (Å²) in [6.07, 6.45) is -3.85. The molecule has 6 heteroatoms. The highest BCUT2D eigenvalue weighted by atomic mass is 19.4. The zero-order valence-corrected chi connectivity index (χ0v) is 8.73. The molecule has 0 aliphatic rings. The molecule has 0 saturated heterocycles. The molecule has 0 rings (SSSR count). The van der Waals surface area contributed by atoms with Gasteiger partial charge in [-0.1, -0.05) is 6.92 Å². The molecule has 0 radical (unpaired) electrons. The van der Waals surface area contributed by atoms with Gasteiger partial charge in [-0.25, -0.2) is 0 Å². The normalized spacial score (nSPS) is 13.9. The standard InChI is InChI=1S/C9H17F3N2O/c1-2-7(8(13)15)14-6-4-3-5-9(10,11)12/h7,14H,2-6H2,1H3,(H2,13,15). The number of carbonyl (C=O) groups excluding carboxylic acids is 1. The first kappa shape index (κ1) is 14.2. The van der Waals surface area contributed by atoms with Crippen molar-refractivity contribution in [2.24, 2.45) is 5.73 Å². The monoisotopic (exact) mass is 226 g/mol. The van der Waals surface area contributed by atoms with Crippen molar-refractivity contribution >= 4 is 5.91 Å². The molecule has 0 spiro atoms. The fourth-order valence-corrected chi connectivity index (χ4v) is 1.17. The summed E-state index contributed by atoms with van der Waals surface area (Å²) in [6, 6.07) is -0.434. The second-order valence-corrected chi connectivity index (χ2v) is 3.39. The van der Waals surface area contributed by atoms with Gasteiger partial charge in [-0.2, -0.15) is 13.2 Å². The highest BCUT2D eigenvalue weighted by molar-refractivity contribution is 5.79. The smallest absolute Gasteiger partial charge is 0.368 e. The third-order valence-corrected chi connectivity index (χ3v) is 2.03. The number of hydrogen-bond donors (Lipinski definition) is 2. The Bertz CT molecular complexity index is 194. The van der Waals surface area contributed by atoms with Gasteiger partial charge < -0.3 is 11.1 Å². The topological polar surface area (TPSA) is 55.1 Å². The summed E-state index contributed by atoms with van der Waals surface area (Å²) in [5.74, 6) is -0.465. The van der Waals surface area contributed by atoms with Crippen LogP contribution in [0, 0.1) is 0 Å². The molecule has 0 bridgehead atoms. The number of rotatable bonds is 7. The highest BCUT2D eigenvalue weighted by Crippen LogP contribution is 2.21. The number of halogens is 3. The first-order valence-electron chi connectivity index (χ1n) is 4.96. The summed E-state index contributed by atoms with van der Waals surface area (Å²) in [7, 11) is 0. The molecule has 0 aromatic heterocycles. The van der Waals surface area contributed by atoms with E-state index in [1.54, 1.807) is 6.92 Å². The number of nitrogens with two attached hydrogens (primary N) is 1. The van der Waals surface area contributed by atoms with E-state index in [9.17, 15) is 18.0 Å². The summed E-state index contributed by atoms with van der Waals surface area (Å²) in [5, 5.41) is 2.81. The molecule has 1 amide bonds. The maximum Gasteiger partial charge on any atom is 0.389 e. The highest BCUT2D eigenvalue weighted by Gasteiger charge is 2.25. The van der Waals surface area contributed by atoms with Crippen molar-refractivity contribution in [2.75, 3.05) is 6.54 Å². The summed E-state index contributed by atoms with van der Waals surface area (Å²) in [6.45, 7) is 2.18. The van der Waals surface area contributed by atoms with Gasteiger partial charge in [-0.05, 0) is 25.8 Å². The quantitative estimate of drug-likeness (QED) is 0.647. The van der Waals surface area contributed by atoms with Crippen molar-refractivity contribution in [2.45, 2.75) is 44.8 Å². The number of carbonyl (C=O) groups is 1. The largest absolute Gasteiger partial charge is 0.389 e. The average molecular weight is 226 g/mol. The first-order chi connectivity index (χ1) is 6.87. The fraction of sp³-hybridized carbons (Fsp3) is 0.889. The molecule has 0 aliphatic heterocycles. The van der Waals surface area contributed by atoms with Crippen LogP contribution in [0.1, 0.15) is 32.6 Å². The Balaban J connectivity index is 3.49. The molecule has 15 heavy (non-hydrogen) atoms. The minimum absolute atomic E-state index is 0.0751. The van der Waals surface area contributed by atoms with Crippen LogP contribution in [0.25, 0.3) is 0 Å². The van der Waals surface area contributed by atoms with Crippen LogP contribution in [-0.2, 0) is 4.79 Å². The van der Waals surface area contributed by atoms with E-state index < -0.39 is 24.5 Å². The molecule has 0 aromatic rings. The van der Waals surface area contributed by atoms with Gasteiger partial charge in [0.05, 0.1) is 6.04 Å². The molecule has 1 unspecified atom stereocenters. The number of primary amides is 1. The first-order valence-corrected chi connectivity index (χ1v) is 4.96. The summed E-state index contributed by atoms with van der Waals surface area (Å²) in [5.41, 5.74) is 5.05. The van der Waals surface area contributed by atoms with Gasteiger partial charge in [0.25, 0.3) is 0 Å². The Morgan fingerprint density at radius 3 is 2.40 bits per heavy atom. The van der Waals surface area contributed by atoms with Crippen LogP contribution < -0.4 is 11.1 Å². The van der Waals surface area contributed by atoms with Gasteiger partial charge in [-0.15, -0.1) is 0 Å². The lowest BCUT2D eigenvalue weighted by molar-refractivity contribution is -0.135. The molecule has 0 aromatic carbocycles. The zero-order chi connectivity index (χ0) is 11.9. The van der Waals surface area contributed by atoms with E-state index in [0.717, 1.165) is 0 Å². The molecule has 0 heterocycles. The SMILES string of the molecule is CCC(NCCCCC(F)(F)F)C(N)=O. The Hall–Kier alpha value is -0.780. The van der Waals surface area contributed by atoms with E-state index in [0.29, 0.717) is 19.4 Å². The van der Waals surface area contributed by atoms with Gasteiger partial charge in [0.15, 0.2) is 0 Å². The van der Waals surface area contributed by atoms with E-state index in [1.165, 1.54) is 0 Å². The summed E-state index contributed by atoms with van der Waals surface area (Å²) < 4.78 is 35.2. The molecule has 3 nitrogen and oxygen atoms in total. The van der Waals surface area contributed by atoms with Crippen LogP contribution in [0.3, 0.4) is 0 Å². The van der Waals surface area contributed by atoms with E-state index in [2.05, 4.69) is 5.32 Å². The van der Waals surface area contributed by atoms with Crippen LogP contribution in [0.15, 0.2) is 0 Å². The number of amides is 1. The van der Waals surface area contributed by atoms with E-state index >= 15 is 0 Å². The Morgan fingerprint density at radius 1 is 1.40 bits per heavy atom. The third kappa shape index (κ3) is 8.23. The fourth-order valence-electron chi connectivity index (χ4n) is 1.17. The second kappa shape index (κ2) is 6.66. The maximum atomic E-state index is 11.7. The van der Waals surface area contributed by atoms with E-state index in [4.69, 9.17) is 5.73 Å². The van der Waals surface area contributed by atoms with E-state index in [-0.39, 0.29) is 6.42 Å². The predicted octanol–water partition coefficient (Wildman–Crippen LogP) is 1.57. The Morgan fingerprint density at radius 2 is 2.00 bits per heavy atom. The van der Waals surface area contributed by atoms with E-state index in [1.807, 2.05) is 0 Å². The molecule has 1 atom stereocenters. The summed E-state index contributed by atoms with van der Waals surface area (Å²) in [4.78, 5) is 10.7. The third-order valence-electron chi connectivity index (χ3n) is 2.03. The van der Waals surface area contributed by atoms with Crippen LogP contribution in [-0.4, -0.2) is 24.7 Å². The van der Waals surface area contributed by atoms with Crippen molar-refractivity contribution in [1.82, 2.24) is 5.32 Å². The van der Waals surface area contributed by atoms with Crippen LogP contribution in [0.5, 0.6) is 0 Å². The molecular formula is C9H17F3N2O. The summed E-state index contributed by atoms with van der Waals surface area (Å²) >= 11 is 0.